The van der Waals surface area contributed by atoms with Crippen LogP contribution in [0.1, 0.15) is 25.7 Å². The molecule has 2 heterocycles. The molecular formula is C10H17NO3. The second-order valence-corrected chi connectivity index (χ2v) is 3.91. The van der Waals surface area contributed by atoms with Crippen LogP contribution in [-0.2, 0) is 14.3 Å². The molecule has 2 saturated heterocycles. The molecule has 2 aliphatic rings. The van der Waals surface area contributed by atoms with Crippen LogP contribution in [0.25, 0.3) is 0 Å². The zero-order valence-corrected chi connectivity index (χ0v) is 8.33. The third kappa shape index (κ3) is 2.45. The molecule has 0 aromatic carbocycles. The maximum atomic E-state index is 11.1. The highest BCUT2D eigenvalue weighted by atomic mass is 16.5. The van der Waals surface area contributed by atoms with Crippen LogP contribution >= 0.6 is 0 Å². The van der Waals surface area contributed by atoms with Crippen LogP contribution in [0.15, 0.2) is 0 Å². The molecule has 80 valence electrons. The maximum Gasteiger partial charge on any atom is 0.323 e. The van der Waals surface area contributed by atoms with Gasteiger partial charge in [0, 0.05) is 19.6 Å². The van der Waals surface area contributed by atoms with Gasteiger partial charge >= 0.3 is 5.97 Å². The highest BCUT2D eigenvalue weighted by Crippen LogP contribution is 2.13. The highest BCUT2D eigenvalue weighted by molar-refractivity contribution is 5.77. The Bertz CT molecular complexity index is 202. The number of carbonyl (C=O) groups is 1. The fourth-order valence-electron chi connectivity index (χ4n) is 1.92. The number of hydrogen-bond donors (Lipinski definition) is 1. The first-order valence-electron chi connectivity index (χ1n) is 5.38. The van der Waals surface area contributed by atoms with Gasteiger partial charge in [0.25, 0.3) is 0 Å². The fraction of sp³-hybridized carbons (Fsp3) is 0.900. The van der Waals surface area contributed by atoms with Gasteiger partial charge < -0.3 is 14.8 Å². The van der Waals surface area contributed by atoms with E-state index in [9.17, 15) is 4.79 Å². The average Bonchev–Trinajstić information content (AvgIpc) is 2.63. The van der Waals surface area contributed by atoms with Crippen molar-refractivity contribution < 1.29 is 14.3 Å². The number of rotatable bonds is 3. The van der Waals surface area contributed by atoms with Gasteiger partial charge in [-0.2, -0.15) is 0 Å². The van der Waals surface area contributed by atoms with Gasteiger partial charge in [-0.1, -0.05) is 0 Å². The molecule has 0 saturated carbocycles. The van der Waals surface area contributed by atoms with Gasteiger partial charge in [-0.3, -0.25) is 4.79 Å². The summed E-state index contributed by atoms with van der Waals surface area (Å²) in [5.41, 5.74) is 0. The summed E-state index contributed by atoms with van der Waals surface area (Å²) < 4.78 is 10.4. The second kappa shape index (κ2) is 4.75. The molecule has 2 atom stereocenters. The van der Waals surface area contributed by atoms with Crippen molar-refractivity contribution >= 4 is 5.97 Å². The van der Waals surface area contributed by atoms with E-state index in [4.69, 9.17) is 9.47 Å². The Morgan fingerprint density at radius 1 is 1.29 bits per heavy atom. The molecule has 2 unspecified atom stereocenters. The molecule has 0 radical (unpaired) electrons. The van der Waals surface area contributed by atoms with E-state index in [0.717, 1.165) is 26.0 Å². The molecule has 0 bridgehead atoms. The lowest BCUT2D eigenvalue weighted by Gasteiger charge is -2.23. The zero-order chi connectivity index (χ0) is 9.80. The zero-order valence-electron chi connectivity index (χ0n) is 8.33. The van der Waals surface area contributed by atoms with Gasteiger partial charge in [0.1, 0.15) is 6.04 Å². The Hall–Kier alpha value is -0.610. The second-order valence-electron chi connectivity index (χ2n) is 3.91. The first-order valence-corrected chi connectivity index (χ1v) is 5.38. The number of nitrogens with one attached hydrogen (secondary N) is 1. The topological polar surface area (TPSA) is 47.6 Å². The summed E-state index contributed by atoms with van der Waals surface area (Å²) in [5, 5.41) is 3.20. The van der Waals surface area contributed by atoms with Gasteiger partial charge in [-0.05, 0) is 19.3 Å². The first kappa shape index (κ1) is 9.93. The summed E-state index contributed by atoms with van der Waals surface area (Å²) in [5.74, 6) is -0.110. The van der Waals surface area contributed by atoms with E-state index in [2.05, 4.69) is 5.32 Å². The largest absolute Gasteiger partial charge is 0.464 e. The molecular weight excluding hydrogens is 182 g/mol. The Labute approximate surface area is 84.0 Å². The molecule has 0 aliphatic carbocycles. The van der Waals surface area contributed by atoms with Crippen LogP contribution in [0.2, 0.25) is 0 Å². The standard InChI is InChI=1S/C10H17NO3/c12-10-9(4-6-14-10)11-7-8-3-1-2-5-13-8/h8-9,11H,1-7H2. The third-order valence-corrected chi connectivity index (χ3v) is 2.80. The van der Waals surface area contributed by atoms with Crippen molar-refractivity contribution in [3.63, 3.8) is 0 Å². The van der Waals surface area contributed by atoms with Crippen LogP contribution in [-0.4, -0.2) is 37.9 Å². The lowest BCUT2D eigenvalue weighted by atomic mass is 10.1. The van der Waals surface area contributed by atoms with Crippen molar-refractivity contribution in [3.05, 3.63) is 0 Å². The smallest absolute Gasteiger partial charge is 0.323 e. The van der Waals surface area contributed by atoms with Crippen LogP contribution in [0.4, 0.5) is 0 Å². The number of esters is 1. The molecule has 14 heavy (non-hydrogen) atoms. The van der Waals surface area contributed by atoms with E-state index in [0.29, 0.717) is 6.61 Å². The minimum absolute atomic E-state index is 0.0967. The maximum absolute atomic E-state index is 11.1. The lowest BCUT2D eigenvalue weighted by Crippen LogP contribution is -2.40. The van der Waals surface area contributed by atoms with Crippen molar-refractivity contribution in [3.8, 4) is 0 Å². The molecule has 2 fully saturated rings. The Morgan fingerprint density at radius 2 is 2.21 bits per heavy atom. The minimum atomic E-state index is -0.110. The van der Waals surface area contributed by atoms with Crippen LogP contribution in [0.5, 0.6) is 0 Å². The minimum Gasteiger partial charge on any atom is -0.464 e. The summed E-state index contributed by atoms with van der Waals surface area (Å²) in [4.78, 5) is 11.1. The van der Waals surface area contributed by atoms with E-state index in [1.165, 1.54) is 12.8 Å². The van der Waals surface area contributed by atoms with Crippen LogP contribution < -0.4 is 5.32 Å². The Balaban J connectivity index is 1.68. The van der Waals surface area contributed by atoms with Crippen molar-refractivity contribution in [1.82, 2.24) is 5.32 Å². The summed E-state index contributed by atoms with van der Waals surface area (Å²) in [6, 6.07) is -0.0967. The lowest BCUT2D eigenvalue weighted by molar-refractivity contribution is -0.139. The molecule has 0 aromatic rings. The molecule has 0 aromatic heterocycles. The van der Waals surface area contributed by atoms with Crippen LogP contribution in [0, 0.1) is 0 Å². The van der Waals surface area contributed by atoms with E-state index < -0.39 is 0 Å². The molecule has 0 spiro atoms. The summed E-state index contributed by atoms with van der Waals surface area (Å²) in [6.45, 7) is 2.20. The van der Waals surface area contributed by atoms with Gasteiger partial charge in [0.2, 0.25) is 0 Å². The van der Waals surface area contributed by atoms with Gasteiger partial charge in [-0.25, -0.2) is 0 Å². The van der Waals surface area contributed by atoms with Gasteiger partial charge in [0.05, 0.1) is 12.7 Å². The van der Waals surface area contributed by atoms with Crippen LogP contribution in [0.3, 0.4) is 0 Å². The summed E-state index contributed by atoms with van der Waals surface area (Å²) in [6.07, 6.45) is 4.60. The monoisotopic (exact) mass is 199 g/mol. The summed E-state index contributed by atoms with van der Waals surface area (Å²) >= 11 is 0. The number of hydrogen-bond acceptors (Lipinski definition) is 4. The van der Waals surface area contributed by atoms with E-state index in [1.807, 2.05) is 0 Å². The number of ether oxygens (including phenoxy) is 2. The number of carbonyl (C=O) groups excluding carboxylic acids is 1. The molecule has 0 amide bonds. The van der Waals surface area contributed by atoms with E-state index in [-0.39, 0.29) is 18.1 Å². The SMILES string of the molecule is O=C1OCCC1NCC1CCCCO1. The average molecular weight is 199 g/mol. The normalized spacial score (nSPS) is 33.0. The predicted molar refractivity (Wildman–Crippen MR) is 51.0 cm³/mol. The van der Waals surface area contributed by atoms with E-state index in [1.54, 1.807) is 0 Å². The quantitative estimate of drug-likeness (QED) is 0.671. The van der Waals surface area contributed by atoms with Crippen molar-refractivity contribution in [2.24, 2.45) is 0 Å². The van der Waals surface area contributed by atoms with Crippen molar-refractivity contribution in [2.45, 2.75) is 37.8 Å². The van der Waals surface area contributed by atoms with Crippen molar-refractivity contribution in [2.75, 3.05) is 19.8 Å². The predicted octanol–water partition coefficient (Wildman–Crippen LogP) is 0.461. The Kier molecular flexibility index (Phi) is 3.37. The summed E-state index contributed by atoms with van der Waals surface area (Å²) in [7, 11) is 0. The molecule has 2 aliphatic heterocycles. The fourth-order valence-corrected chi connectivity index (χ4v) is 1.92. The van der Waals surface area contributed by atoms with Gasteiger partial charge in [-0.15, -0.1) is 0 Å². The highest BCUT2D eigenvalue weighted by Gasteiger charge is 2.26. The third-order valence-electron chi connectivity index (χ3n) is 2.80. The number of cyclic esters (lactones) is 1. The van der Waals surface area contributed by atoms with Gasteiger partial charge in [0.15, 0.2) is 0 Å². The molecule has 4 nitrogen and oxygen atoms in total. The molecule has 2 rings (SSSR count). The molecule has 1 N–H and O–H groups in total. The van der Waals surface area contributed by atoms with Crippen molar-refractivity contribution in [1.29, 1.82) is 0 Å². The Morgan fingerprint density at radius 3 is 2.86 bits per heavy atom. The molecule has 4 heteroatoms. The first-order chi connectivity index (χ1) is 6.86. The van der Waals surface area contributed by atoms with E-state index >= 15 is 0 Å².